The van der Waals surface area contributed by atoms with Crippen LogP contribution in [0.2, 0.25) is 5.02 Å². The second kappa shape index (κ2) is 10.3. The fourth-order valence-corrected chi connectivity index (χ4v) is 5.54. The molecule has 3 aromatic carbocycles. The zero-order chi connectivity index (χ0) is 27.1. The third kappa shape index (κ3) is 4.65. The van der Waals surface area contributed by atoms with E-state index in [0.29, 0.717) is 39.7 Å². The molecule has 7 rings (SSSR count). The maximum Gasteiger partial charge on any atom is 0.301 e. The normalized spacial score (nSPS) is 15.4. The molecule has 0 saturated carbocycles. The maximum absolute atomic E-state index is 13.3. The van der Waals surface area contributed by atoms with E-state index in [2.05, 4.69) is 27.0 Å². The number of H-pyrrole nitrogens is 1. The minimum Gasteiger partial charge on any atom is -0.426 e. The van der Waals surface area contributed by atoms with E-state index in [1.165, 1.54) is 0 Å². The number of morpholine rings is 1. The van der Waals surface area contributed by atoms with Crippen molar-refractivity contribution in [3.63, 3.8) is 0 Å². The number of carbonyl (C=O) groups is 1. The number of nitrogens with one attached hydrogen (secondary N) is 1. The Morgan fingerprint density at radius 2 is 1.68 bits per heavy atom. The fraction of sp³-hybridized carbons (Fsp3) is 0.194. The molecule has 0 atom stereocenters. The second-order valence-electron chi connectivity index (χ2n) is 9.84. The monoisotopic (exact) mass is 551 g/mol. The number of ether oxygens (including phenoxy) is 2. The highest BCUT2D eigenvalue weighted by molar-refractivity contribution is 6.33. The van der Waals surface area contributed by atoms with Crippen LogP contribution in [-0.2, 0) is 11.2 Å². The molecule has 1 amide bonds. The van der Waals surface area contributed by atoms with Gasteiger partial charge in [0.1, 0.15) is 5.75 Å². The number of benzene rings is 3. The van der Waals surface area contributed by atoms with Gasteiger partial charge in [-0.1, -0.05) is 48.0 Å². The van der Waals surface area contributed by atoms with Gasteiger partial charge in [0.05, 0.1) is 29.4 Å². The number of anilines is 2. The van der Waals surface area contributed by atoms with Crippen molar-refractivity contribution in [1.82, 2.24) is 15.0 Å². The van der Waals surface area contributed by atoms with Crippen molar-refractivity contribution >= 4 is 40.0 Å². The van der Waals surface area contributed by atoms with Crippen LogP contribution < -0.4 is 14.5 Å². The predicted octanol–water partition coefficient (Wildman–Crippen LogP) is 6.11. The van der Waals surface area contributed by atoms with Crippen LogP contribution in [0.25, 0.3) is 22.4 Å². The molecule has 0 aliphatic carbocycles. The van der Waals surface area contributed by atoms with Gasteiger partial charge in [-0.25, -0.2) is 4.98 Å². The molecule has 8 nitrogen and oxygen atoms in total. The first-order valence-corrected chi connectivity index (χ1v) is 13.7. The number of rotatable bonds is 5. The van der Waals surface area contributed by atoms with Crippen LogP contribution in [0.1, 0.15) is 15.9 Å². The lowest BCUT2D eigenvalue weighted by atomic mass is 9.98. The number of pyridine rings is 1. The number of aromatic amines is 1. The van der Waals surface area contributed by atoms with Gasteiger partial charge in [0, 0.05) is 42.1 Å². The Morgan fingerprint density at radius 1 is 0.875 bits per heavy atom. The predicted molar refractivity (Wildman–Crippen MR) is 156 cm³/mol. The Morgan fingerprint density at radius 3 is 2.48 bits per heavy atom. The number of aromatic nitrogens is 3. The van der Waals surface area contributed by atoms with E-state index in [4.69, 9.17) is 26.1 Å². The standard InChI is InChI=1S/C31H26ClN5O3/c32-26-19-27-29(34-28(26)21-6-9-22(10-7-21)36-14-16-39-17-15-36)35-31(33-27)40-24-11-8-20-12-13-37(30(38)25(20)18-24)23-4-2-1-3-5-23/h1-11,18-19H,12-17H2,(H,33,34,35). The molecule has 4 heterocycles. The molecular weight excluding hydrogens is 526 g/mol. The van der Waals surface area contributed by atoms with Gasteiger partial charge in [0.15, 0.2) is 5.65 Å². The maximum atomic E-state index is 13.3. The van der Waals surface area contributed by atoms with Gasteiger partial charge in [0.2, 0.25) is 0 Å². The lowest BCUT2D eigenvalue weighted by molar-refractivity contribution is 0.0980. The minimum absolute atomic E-state index is 0.0414. The van der Waals surface area contributed by atoms with Crippen molar-refractivity contribution in [2.24, 2.45) is 0 Å². The van der Waals surface area contributed by atoms with Crippen LogP contribution in [0.15, 0.2) is 78.9 Å². The lowest BCUT2D eigenvalue weighted by Gasteiger charge is -2.28. The van der Waals surface area contributed by atoms with E-state index in [9.17, 15) is 4.79 Å². The Kier molecular flexibility index (Phi) is 6.34. The van der Waals surface area contributed by atoms with E-state index in [0.717, 1.165) is 55.2 Å². The quantitative estimate of drug-likeness (QED) is 0.284. The average molecular weight is 552 g/mol. The first-order valence-electron chi connectivity index (χ1n) is 13.3. The molecule has 2 aromatic heterocycles. The molecule has 5 aromatic rings. The molecule has 9 heteroatoms. The number of hydrogen-bond acceptors (Lipinski definition) is 6. The Balaban J connectivity index is 1.13. The molecule has 1 fully saturated rings. The average Bonchev–Trinajstić information content (AvgIpc) is 3.39. The van der Waals surface area contributed by atoms with Crippen LogP contribution in [0.3, 0.4) is 0 Å². The zero-order valence-electron chi connectivity index (χ0n) is 21.6. The van der Waals surface area contributed by atoms with Crippen molar-refractivity contribution in [1.29, 1.82) is 0 Å². The summed E-state index contributed by atoms with van der Waals surface area (Å²) >= 11 is 6.64. The smallest absolute Gasteiger partial charge is 0.301 e. The molecule has 0 spiro atoms. The van der Waals surface area contributed by atoms with Gasteiger partial charge >= 0.3 is 6.01 Å². The number of nitrogens with zero attached hydrogens (tertiary/aromatic N) is 4. The highest BCUT2D eigenvalue weighted by Crippen LogP contribution is 2.33. The van der Waals surface area contributed by atoms with Crippen molar-refractivity contribution in [2.75, 3.05) is 42.6 Å². The third-order valence-electron chi connectivity index (χ3n) is 7.37. The molecule has 40 heavy (non-hydrogen) atoms. The van der Waals surface area contributed by atoms with Crippen molar-refractivity contribution in [2.45, 2.75) is 6.42 Å². The topological polar surface area (TPSA) is 83.6 Å². The molecule has 1 saturated heterocycles. The van der Waals surface area contributed by atoms with E-state index in [1.807, 2.05) is 60.7 Å². The van der Waals surface area contributed by atoms with Crippen molar-refractivity contribution in [3.8, 4) is 23.0 Å². The van der Waals surface area contributed by atoms with Crippen LogP contribution in [-0.4, -0.2) is 53.7 Å². The Hall–Kier alpha value is -4.40. The number of amides is 1. The van der Waals surface area contributed by atoms with Crippen LogP contribution in [0.5, 0.6) is 11.8 Å². The van der Waals surface area contributed by atoms with Crippen LogP contribution in [0, 0.1) is 0 Å². The van der Waals surface area contributed by atoms with Gasteiger partial charge < -0.3 is 24.3 Å². The van der Waals surface area contributed by atoms with Crippen LogP contribution in [0.4, 0.5) is 11.4 Å². The van der Waals surface area contributed by atoms with E-state index < -0.39 is 0 Å². The van der Waals surface area contributed by atoms with Gasteiger partial charge in [-0.2, -0.15) is 4.98 Å². The van der Waals surface area contributed by atoms with Gasteiger partial charge in [-0.3, -0.25) is 4.79 Å². The van der Waals surface area contributed by atoms with Crippen molar-refractivity contribution in [3.05, 3.63) is 95.0 Å². The highest BCUT2D eigenvalue weighted by Gasteiger charge is 2.26. The summed E-state index contributed by atoms with van der Waals surface area (Å²) in [7, 11) is 0. The summed E-state index contributed by atoms with van der Waals surface area (Å²) in [6.07, 6.45) is 0.777. The minimum atomic E-state index is -0.0414. The van der Waals surface area contributed by atoms with Gasteiger partial charge in [-0.05, 0) is 54.4 Å². The Labute approximate surface area is 236 Å². The van der Waals surface area contributed by atoms with E-state index in [1.54, 1.807) is 11.0 Å². The van der Waals surface area contributed by atoms with Crippen molar-refractivity contribution < 1.29 is 14.3 Å². The number of para-hydroxylation sites is 1. The lowest BCUT2D eigenvalue weighted by Crippen LogP contribution is -2.37. The summed E-state index contributed by atoms with van der Waals surface area (Å²) in [6.45, 7) is 3.88. The summed E-state index contributed by atoms with van der Waals surface area (Å²) in [5.74, 6) is 0.478. The first kappa shape index (κ1) is 24.6. The van der Waals surface area contributed by atoms with E-state index >= 15 is 0 Å². The summed E-state index contributed by atoms with van der Waals surface area (Å²) in [4.78, 5) is 29.8. The van der Waals surface area contributed by atoms with Gasteiger partial charge in [0.25, 0.3) is 5.91 Å². The van der Waals surface area contributed by atoms with Crippen LogP contribution >= 0.6 is 11.6 Å². The second-order valence-corrected chi connectivity index (χ2v) is 10.2. The highest BCUT2D eigenvalue weighted by atomic mass is 35.5. The summed E-state index contributed by atoms with van der Waals surface area (Å²) in [5, 5.41) is 0.516. The fourth-order valence-electron chi connectivity index (χ4n) is 5.28. The molecule has 0 unspecified atom stereocenters. The summed E-state index contributed by atoms with van der Waals surface area (Å²) in [5.41, 5.74) is 6.39. The molecule has 0 bridgehead atoms. The largest absolute Gasteiger partial charge is 0.426 e. The summed E-state index contributed by atoms with van der Waals surface area (Å²) < 4.78 is 11.5. The number of carbonyl (C=O) groups excluding carboxylic acids is 1. The molecule has 1 N–H and O–H groups in total. The zero-order valence-corrected chi connectivity index (χ0v) is 22.4. The molecular formula is C31H26ClN5O3. The number of fused-ring (bicyclic) bond motifs is 2. The molecule has 2 aliphatic heterocycles. The molecule has 2 aliphatic rings. The third-order valence-corrected chi connectivity index (χ3v) is 7.65. The molecule has 0 radical (unpaired) electrons. The molecule has 200 valence electrons. The van der Waals surface area contributed by atoms with E-state index in [-0.39, 0.29) is 11.9 Å². The summed E-state index contributed by atoms with van der Waals surface area (Å²) in [6, 6.07) is 25.6. The first-order chi connectivity index (χ1) is 19.6. The SMILES string of the molecule is O=C1c2cc(Oc3nc4nc(-c5ccc(N6CCOCC6)cc5)c(Cl)cc4[nH]3)ccc2CCN1c1ccccc1. The number of imidazole rings is 1. The van der Waals surface area contributed by atoms with Gasteiger partial charge in [-0.15, -0.1) is 0 Å². The number of hydrogen-bond donors (Lipinski definition) is 1. The number of halogens is 1. The Bertz CT molecular complexity index is 1700.